The number of nitrogens with zero attached hydrogens (tertiary/aromatic N) is 1. The zero-order chi connectivity index (χ0) is 15.7. The fourth-order valence-electron chi connectivity index (χ4n) is 3.68. The highest BCUT2D eigenvalue weighted by Gasteiger charge is 2.36. The van der Waals surface area contributed by atoms with Gasteiger partial charge in [-0.15, -0.1) is 0 Å². The minimum Gasteiger partial charge on any atom is -0.370 e. The Labute approximate surface area is 132 Å². The van der Waals surface area contributed by atoms with Crippen LogP contribution >= 0.6 is 0 Å². The Hall–Kier alpha value is -1.39. The molecule has 1 saturated heterocycles. The predicted molar refractivity (Wildman–Crippen MR) is 86.4 cm³/mol. The van der Waals surface area contributed by atoms with Gasteiger partial charge in [0.1, 0.15) is 6.10 Å². The van der Waals surface area contributed by atoms with E-state index in [1.165, 1.54) is 11.1 Å². The number of ether oxygens (including phenoxy) is 1. The molecule has 22 heavy (non-hydrogen) atoms. The van der Waals surface area contributed by atoms with E-state index in [0.29, 0.717) is 13.2 Å². The Morgan fingerprint density at radius 3 is 2.77 bits per heavy atom. The van der Waals surface area contributed by atoms with Crippen LogP contribution in [0, 0.1) is 12.8 Å². The Morgan fingerprint density at radius 1 is 1.32 bits per heavy atom. The molecule has 4 heteroatoms. The molecule has 4 nitrogen and oxygen atoms in total. The maximum absolute atomic E-state index is 12.8. The average molecular weight is 302 g/mol. The highest BCUT2D eigenvalue weighted by atomic mass is 16.5. The summed E-state index contributed by atoms with van der Waals surface area (Å²) >= 11 is 0. The highest BCUT2D eigenvalue weighted by Crippen LogP contribution is 2.31. The van der Waals surface area contributed by atoms with Crippen molar-refractivity contribution in [2.24, 2.45) is 11.7 Å². The molecule has 0 aromatic heterocycles. The number of rotatable bonds is 2. The van der Waals surface area contributed by atoms with Crippen LogP contribution in [0.4, 0.5) is 0 Å². The first-order chi connectivity index (χ1) is 10.6. The van der Waals surface area contributed by atoms with Crippen molar-refractivity contribution >= 4 is 5.91 Å². The van der Waals surface area contributed by atoms with Crippen LogP contribution in [0.1, 0.15) is 43.4 Å². The summed E-state index contributed by atoms with van der Waals surface area (Å²) in [6.45, 7) is 5.42. The van der Waals surface area contributed by atoms with E-state index in [2.05, 4.69) is 26.0 Å². The normalized spacial score (nSPS) is 32.2. The van der Waals surface area contributed by atoms with Crippen LogP contribution in [-0.2, 0) is 9.53 Å². The summed E-state index contributed by atoms with van der Waals surface area (Å²) < 4.78 is 6.00. The van der Waals surface area contributed by atoms with Crippen molar-refractivity contribution in [2.45, 2.75) is 51.3 Å². The lowest BCUT2D eigenvalue weighted by Crippen LogP contribution is -2.50. The highest BCUT2D eigenvalue weighted by molar-refractivity contribution is 5.79. The summed E-state index contributed by atoms with van der Waals surface area (Å²) in [5.41, 5.74) is 8.38. The smallest absolute Gasteiger partial charge is 0.226 e. The molecule has 0 unspecified atom stereocenters. The van der Waals surface area contributed by atoms with E-state index < -0.39 is 0 Å². The largest absolute Gasteiger partial charge is 0.370 e. The van der Waals surface area contributed by atoms with Crippen molar-refractivity contribution < 1.29 is 9.53 Å². The van der Waals surface area contributed by atoms with Crippen LogP contribution in [0.5, 0.6) is 0 Å². The van der Waals surface area contributed by atoms with Crippen LogP contribution in [0.2, 0.25) is 0 Å². The van der Waals surface area contributed by atoms with Gasteiger partial charge in [-0.1, -0.05) is 24.3 Å². The van der Waals surface area contributed by atoms with Gasteiger partial charge < -0.3 is 15.4 Å². The first kappa shape index (κ1) is 15.5. The van der Waals surface area contributed by atoms with Crippen LogP contribution < -0.4 is 5.73 Å². The molecule has 1 aromatic carbocycles. The maximum Gasteiger partial charge on any atom is 0.226 e. The molecule has 1 aliphatic carbocycles. The standard InChI is InChI=1S/C18H26N2O2/c1-12-5-3-4-6-16(12)17-10-20(13(2)11-22-17)18(21)14-7-8-15(19)9-14/h3-6,13-15,17H,7-11,19H2,1-2H3/t13-,14+,15+,17-/m0/s1. The second-order valence-electron chi connectivity index (χ2n) is 6.79. The van der Waals surface area contributed by atoms with Crippen LogP contribution in [0.3, 0.4) is 0 Å². The minimum atomic E-state index is -0.0172. The minimum absolute atomic E-state index is 0.0172. The number of carbonyl (C=O) groups is 1. The van der Waals surface area contributed by atoms with E-state index in [-0.39, 0.29) is 30.0 Å². The van der Waals surface area contributed by atoms with E-state index in [0.717, 1.165) is 19.3 Å². The van der Waals surface area contributed by atoms with Gasteiger partial charge in [0.15, 0.2) is 0 Å². The molecular formula is C18H26N2O2. The van der Waals surface area contributed by atoms with E-state index in [1.807, 2.05) is 17.0 Å². The molecule has 2 aliphatic rings. The van der Waals surface area contributed by atoms with Gasteiger partial charge in [-0.05, 0) is 44.2 Å². The van der Waals surface area contributed by atoms with Gasteiger partial charge >= 0.3 is 0 Å². The molecule has 1 amide bonds. The second kappa shape index (κ2) is 6.39. The molecule has 1 saturated carbocycles. The number of carbonyl (C=O) groups excluding carboxylic acids is 1. The average Bonchev–Trinajstić information content (AvgIpc) is 2.94. The number of aryl methyl sites for hydroxylation is 1. The Bertz CT molecular complexity index is 546. The molecule has 0 spiro atoms. The van der Waals surface area contributed by atoms with Crippen LogP contribution in [0.25, 0.3) is 0 Å². The third kappa shape index (κ3) is 3.03. The molecule has 1 aliphatic heterocycles. The lowest BCUT2D eigenvalue weighted by atomic mass is 9.99. The fraction of sp³-hybridized carbons (Fsp3) is 0.611. The van der Waals surface area contributed by atoms with Crippen molar-refractivity contribution in [1.82, 2.24) is 4.90 Å². The van der Waals surface area contributed by atoms with E-state index in [1.54, 1.807) is 0 Å². The van der Waals surface area contributed by atoms with Gasteiger partial charge in [-0.25, -0.2) is 0 Å². The quantitative estimate of drug-likeness (QED) is 0.913. The van der Waals surface area contributed by atoms with E-state index in [4.69, 9.17) is 10.5 Å². The van der Waals surface area contributed by atoms with Gasteiger partial charge in [0.2, 0.25) is 5.91 Å². The van der Waals surface area contributed by atoms with Crippen LogP contribution in [-0.4, -0.2) is 36.0 Å². The van der Waals surface area contributed by atoms with E-state index in [9.17, 15) is 4.79 Å². The van der Waals surface area contributed by atoms with Gasteiger partial charge in [0, 0.05) is 12.0 Å². The van der Waals surface area contributed by atoms with Gasteiger partial charge in [-0.3, -0.25) is 4.79 Å². The SMILES string of the molecule is Cc1ccccc1[C@@H]1CN(C(=O)[C@@H]2CC[C@@H](N)C2)[C@@H](C)CO1. The summed E-state index contributed by atoms with van der Waals surface area (Å²) in [5.74, 6) is 0.371. The zero-order valence-electron chi connectivity index (χ0n) is 13.5. The Balaban J connectivity index is 1.74. The van der Waals surface area contributed by atoms with Crippen molar-refractivity contribution in [3.63, 3.8) is 0 Å². The number of hydrogen-bond donors (Lipinski definition) is 1. The molecule has 0 radical (unpaired) electrons. The van der Waals surface area contributed by atoms with Gasteiger partial charge in [0.05, 0.1) is 19.2 Å². The topological polar surface area (TPSA) is 55.6 Å². The van der Waals surface area contributed by atoms with Crippen LogP contribution in [0.15, 0.2) is 24.3 Å². The molecular weight excluding hydrogens is 276 g/mol. The molecule has 0 bridgehead atoms. The summed E-state index contributed by atoms with van der Waals surface area (Å²) in [4.78, 5) is 14.9. The first-order valence-electron chi connectivity index (χ1n) is 8.29. The molecule has 120 valence electrons. The lowest BCUT2D eigenvalue weighted by molar-refractivity contribution is -0.148. The monoisotopic (exact) mass is 302 g/mol. The molecule has 2 N–H and O–H groups in total. The lowest BCUT2D eigenvalue weighted by Gasteiger charge is -2.40. The second-order valence-corrected chi connectivity index (χ2v) is 6.79. The summed E-state index contributed by atoms with van der Waals surface area (Å²) in [7, 11) is 0. The molecule has 1 heterocycles. The predicted octanol–water partition coefficient (Wildman–Crippen LogP) is 2.41. The number of nitrogens with two attached hydrogens (primary N) is 1. The fourth-order valence-corrected chi connectivity index (χ4v) is 3.68. The number of amides is 1. The summed E-state index contributed by atoms with van der Waals surface area (Å²) in [6, 6.07) is 8.60. The number of benzene rings is 1. The van der Waals surface area contributed by atoms with Gasteiger partial charge in [0.25, 0.3) is 0 Å². The van der Waals surface area contributed by atoms with Crippen molar-refractivity contribution in [2.75, 3.05) is 13.2 Å². The van der Waals surface area contributed by atoms with Crippen molar-refractivity contribution in [1.29, 1.82) is 0 Å². The number of morpholine rings is 1. The molecule has 4 atom stereocenters. The van der Waals surface area contributed by atoms with Crippen molar-refractivity contribution in [3.05, 3.63) is 35.4 Å². The summed E-state index contributed by atoms with van der Waals surface area (Å²) in [6.07, 6.45) is 2.71. The third-order valence-corrected chi connectivity index (χ3v) is 5.07. The Kier molecular flexibility index (Phi) is 4.50. The summed E-state index contributed by atoms with van der Waals surface area (Å²) in [5, 5.41) is 0. The maximum atomic E-state index is 12.8. The van der Waals surface area contributed by atoms with E-state index >= 15 is 0 Å². The number of hydrogen-bond acceptors (Lipinski definition) is 3. The molecule has 2 fully saturated rings. The third-order valence-electron chi connectivity index (χ3n) is 5.07. The molecule has 3 rings (SSSR count). The van der Waals surface area contributed by atoms with Gasteiger partial charge in [-0.2, -0.15) is 0 Å². The first-order valence-corrected chi connectivity index (χ1v) is 8.29. The zero-order valence-corrected chi connectivity index (χ0v) is 13.5. The van der Waals surface area contributed by atoms with Crippen molar-refractivity contribution in [3.8, 4) is 0 Å². The Morgan fingerprint density at radius 2 is 2.09 bits per heavy atom. The molecule has 1 aromatic rings.